The Bertz CT molecular complexity index is 776. The van der Waals surface area contributed by atoms with Gasteiger partial charge in [0, 0.05) is 11.6 Å². The summed E-state index contributed by atoms with van der Waals surface area (Å²) >= 11 is 0. The summed E-state index contributed by atoms with van der Waals surface area (Å²) in [4.78, 5) is 11.4. The van der Waals surface area contributed by atoms with E-state index in [2.05, 4.69) is 15.5 Å². The minimum absolute atomic E-state index is 0.214. The van der Waals surface area contributed by atoms with E-state index in [4.69, 9.17) is 4.42 Å². The first kappa shape index (κ1) is 12.8. The van der Waals surface area contributed by atoms with Crippen molar-refractivity contribution in [2.45, 2.75) is 0 Å². The van der Waals surface area contributed by atoms with Crippen molar-refractivity contribution in [3.8, 4) is 11.4 Å². The number of hydrogen-bond acceptors (Lipinski definition) is 6. The number of furan rings is 1. The van der Waals surface area contributed by atoms with E-state index in [0.29, 0.717) is 17.1 Å². The normalized spacial score (nSPS) is 11.5. The molecule has 0 unspecified atom stereocenters. The van der Waals surface area contributed by atoms with Crippen molar-refractivity contribution in [2.75, 3.05) is 0 Å². The van der Waals surface area contributed by atoms with Crippen LogP contribution in [-0.2, 0) is 4.79 Å². The molecule has 0 atom stereocenters. The van der Waals surface area contributed by atoms with Crippen LogP contribution in [0.25, 0.3) is 23.2 Å². The van der Waals surface area contributed by atoms with Crippen LogP contribution in [-0.4, -0.2) is 26.2 Å². The van der Waals surface area contributed by atoms with Gasteiger partial charge < -0.3 is 14.3 Å². The smallest absolute Gasteiger partial charge is 0.187 e. The fourth-order valence-corrected chi connectivity index (χ4v) is 1.83. The molecule has 0 amide bonds. The van der Waals surface area contributed by atoms with Crippen molar-refractivity contribution >= 4 is 17.7 Å². The molecule has 2 heterocycles. The molecule has 2 aromatic heterocycles. The van der Waals surface area contributed by atoms with Crippen LogP contribution in [0.3, 0.4) is 0 Å². The van der Waals surface area contributed by atoms with Crippen LogP contribution in [0.5, 0.6) is 0 Å². The van der Waals surface area contributed by atoms with Gasteiger partial charge in [-0.3, -0.25) is 0 Å². The van der Waals surface area contributed by atoms with Crippen LogP contribution < -0.4 is 5.11 Å². The quantitative estimate of drug-likeness (QED) is 0.652. The van der Waals surface area contributed by atoms with E-state index in [1.54, 1.807) is 24.3 Å². The molecule has 0 saturated carbocycles. The highest BCUT2D eigenvalue weighted by atomic mass is 16.4. The van der Waals surface area contributed by atoms with Crippen molar-refractivity contribution in [1.29, 1.82) is 0 Å². The Kier molecular flexibility index (Phi) is 3.30. The maximum absolute atomic E-state index is 11.4. The Morgan fingerprint density at radius 3 is 2.67 bits per heavy atom. The minimum Gasteiger partial charge on any atom is -0.543 e. The van der Waals surface area contributed by atoms with Gasteiger partial charge in [0.1, 0.15) is 5.76 Å². The average Bonchev–Trinajstić information content (AvgIpc) is 3.17. The lowest BCUT2D eigenvalue weighted by atomic mass is 10.2. The highest BCUT2D eigenvalue weighted by Crippen LogP contribution is 2.19. The van der Waals surface area contributed by atoms with Gasteiger partial charge >= 0.3 is 0 Å². The molecule has 3 aromatic rings. The summed E-state index contributed by atoms with van der Waals surface area (Å²) in [6.45, 7) is 0. The molecule has 104 valence electrons. The molecule has 0 aliphatic rings. The van der Waals surface area contributed by atoms with E-state index >= 15 is 0 Å². The Morgan fingerprint density at radius 1 is 1.19 bits per heavy atom. The maximum Gasteiger partial charge on any atom is 0.187 e. The number of rotatable bonds is 4. The number of carboxylic acid groups (broad SMARTS) is 1. The van der Waals surface area contributed by atoms with Gasteiger partial charge in [-0.1, -0.05) is 30.3 Å². The summed E-state index contributed by atoms with van der Waals surface area (Å²) in [6, 6.07) is 12.3. The summed E-state index contributed by atoms with van der Waals surface area (Å²) < 4.78 is 6.21. The third-order valence-electron chi connectivity index (χ3n) is 2.76. The fraction of sp³-hybridized carbons (Fsp3) is 0. The van der Waals surface area contributed by atoms with Crippen molar-refractivity contribution in [3.63, 3.8) is 0 Å². The summed E-state index contributed by atoms with van der Waals surface area (Å²) in [7, 11) is 0. The highest BCUT2D eigenvalue weighted by Gasteiger charge is 2.14. The van der Waals surface area contributed by atoms with Crippen LogP contribution in [0.4, 0.5) is 0 Å². The molecule has 0 saturated heterocycles. The lowest BCUT2D eigenvalue weighted by Gasteiger charge is -2.09. The van der Waals surface area contributed by atoms with E-state index in [1.165, 1.54) is 12.3 Å². The topological polar surface area (TPSA) is 96.9 Å². The van der Waals surface area contributed by atoms with Gasteiger partial charge in [0.15, 0.2) is 5.82 Å². The second-order valence-corrected chi connectivity index (χ2v) is 4.11. The molecule has 1 aromatic carbocycles. The third-order valence-corrected chi connectivity index (χ3v) is 2.76. The largest absolute Gasteiger partial charge is 0.543 e. The van der Waals surface area contributed by atoms with E-state index < -0.39 is 5.97 Å². The number of aliphatic carboxylic acids is 1. The van der Waals surface area contributed by atoms with Gasteiger partial charge in [-0.15, -0.1) is 5.10 Å². The van der Waals surface area contributed by atoms with E-state index in [9.17, 15) is 9.90 Å². The van der Waals surface area contributed by atoms with Gasteiger partial charge in [-0.25, -0.2) is 0 Å². The van der Waals surface area contributed by atoms with Gasteiger partial charge in [-0.05, 0) is 22.6 Å². The molecular formula is C14H9N4O3-. The number of nitrogens with zero attached hydrogens (tertiary/aromatic N) is 4. The lowest BCUT2D eigenvalue weighted by molar-refractivity contribution is -0.296. The second-order valence-electron chi connectivity index (χ2n) is 4.11. The zero-order valence-corrected chi connectivity index (χ0v) is 10.7. The third kappa shape index (κ3) is 2.57. The summed E-state index contributed by atoms with van der Waals surface area (Å²) in [5.41, 5.74) is 0.475. The number of aromatic nitrogens is 4. The molecule has 0 aliphatic carbocycles. The summed E-state index contributed by atoms with van der Waals surface area (Å²) in [6.07, 6.45) is 2.74. The predicted molar refractivity (Wildman–Crippen MR) is 71.1 cm³/mol. The van der Waals surface area contributed by atoms with Crippen molar-refractivity contribution in [2.24, 2.45) is 0 Å². The lowest BCUT2D eigenvalue weighted by Crippen LogP contribution is -2.27. The Hall–Kier alpha value is -3.22. The van der Waals surface area contributed by atoms with Gasteiger partial charge in [0.2, 0.25) is 0 Å². The van der Waals surface area contributed by atoms with Crippen LogP contribution in [0.2, 0.25) is 0 Å². The average molecular weight is 281 g/mol. The monoisotopic (exact) mass is 281 g/mol. The van der Waals surface area contributed by atoms with Crippen LogP contribution >= 0.6 is 0 Å². The van der Waals surface area contributed by atoms with E-state index in [1.807, 2.05) is 18.2 Å². The molecule has 0 bridgehead atoms. The first-order valence-electron chi connectivity index (χ1n) is 6.06. The molecule has 0 spiro atoms. The number of carbonyl (C=O) groups is 1. The van der Waals surface area contributed by atoms with Crippen LogP contribution in [0.1, 0.15) is 5.76 Å². The van der Waals surface area contributed by atoms with E-state index in [-0.39, 0.29) is 5.70 Å². The molecule has 3 rings (SSSR count). The number of hydrogen-bond donors (Lipinski definition) is 0. The van der Waals surface area contributed by atoms with Crippen LogP contribution in [0.15, 0.2) is 53.1 Å². The number of tetrazole rings is 1. The molecule has 7 nitrogen and oxygen atoms in total. The van der Waals surface area contributed by atoms with Crippen molar-refractivity contribution < 1.29 is 14.3 Å². The minimum atomic E-state index is -1.41. The number of benzene rings is 1. The van der Waals surface area contributed by atoms with E-state index in [0.717, 1.165) is 4.68 Å². The van der Waals surface area contributed by atoms with Gasteiger partial charge in [-0.2, -0.15) is 4.68 Å². The predicted octanol–water partition coefficient (Wildman–Crippen LogP) is 0.681. The second kappa shape index (κ2) is 5.41. The first-order chi connectivity index (χ1) is 10.3. The maximum atomic E-state index is 11.4. The number of carboxylic acids is 1. The van der Waals surface area contributed by atoms with Gasteiger partial charge in [0.05, 0.1) is 17.9 Å². The van der Waals surface area contributed by atoms with Crippen molar-refractivity contribution in [3.05, 3.63) is 54.5 Å². The highest BCUT2D eigenvalue weighted by molar-refractivity contribution is 6.13. The molecule has 0 fully saturated rings. The molecule has 0 aliphatic heterocycles. The van der Waals surface area contributed by atoms with Crippen LogP contribution in [0, 0.1) is 0 Å². The molecule has 7 heteroatoms. The van der Waals surface area contributed by atoms with Crippen molar-refractivity contribution in [1.82, 2.24) is 20.2 Å². The fourth-order valence-electron chi connectivity index (χ4n) is 1.83. The molecule has 21 heavy (non-hydrogen) atoms. The SMILES string of the molecule is O=C([O-])/C(=C\c1ccco1)n1nnnc1-c1ccccc1. The number of carbonyl (C=O) groups excluding carboxylic acids is 1. The zero-order valence-electron chi connectivity index (χ0n) is 10.7. The molecule has 0 N–H and O–H groups in total. The Balaban J connectivity index is 2.11. The zero-order chi connectivity index (χ0) is 14.7. The van der Waals surface area contributed by atoms with Gasteiger partial charge in [0.25, 0.3) is 0 Å². The Morgan fingerprint density at radius 2 is 2.00 bits per heavy atom. The first-order valence-corrected chi connectivity index (χ1v) is 6.06. The standard InChI is InChI=1S/C14H10N4O3/c19-14(20)12(9-11-7-4-8-21-11)18-13(15-16-17-18)10-5-2-1-3-6-10/h1-9H,(H,19,20)/p-1/b12-9+. The molecular weight excluding hydrogens is 272 g/mol. The molecule has 0 radical (unpaired) electrons. The summed E-state index contributed by atoms with van der Waals surface area (Å²) in [5, 5.41) is 22.5. The Labute approximate surface area is 119 Å². The summed E-state index contributed by atoms with van der Waals surface area (Å²) in [5.74, 6) is -0.739.